The van der Waals surface area contributed by atoms with Crippen molar-refractivity contribution in [3.05, 3.63) is 57.8 Å². The molecule has 3 aromatic rings. The van der Waals surface area contributed by atoms with Crippen LogP contribution < -0.4 is 0 Å². The number of hydrogen-bond acceptors (Lipinski definition) is 2. The normalized spacial score (nSPS) is 11.0. The topological polar surface area (TPSA) is 54.6 Å². The number of halogens is 2. The van der Waals surface area contributed by atoms with E-state index in [0.717, 1.165) is 5.56 Å². The number of rotatable bonds is 2. The third-order valence-electron chi connectivity index (χ3n) is 3.24. The third kappa shape index (κ3) is 2.26. The fourth-order valence-corrected chi connectivity index (χ4v) is 2.55. The Balaban J connectivity index is 2.36. The summed E-state index contributed by atoms with van der Waals surface area (Å²) in [5.74, 6) is -1.05. The maximum absolute atomic E-state index is 11.6. The fourth-order valence-electron chi connectivity index (χ4n) is 2.25. The lowest BCUT2D eigenvalue weighted by Crippen LogP contribution is -2.03. The van der Waals surface area contributed by atoms with Crippen molar-refractivity contribution in [3.8, 4) is 11.3 Å². The smallest absolute Gasteiger partial charge is 0.355 e. The summed E-state index contributed by atoms with van der Waals surface area (Å²) in [7, 11) is 0. The second-order valence-corrected chi connectivity index (χ2v) is 5.44. The molecule has 6 heteroatoms. The highest BCUT2D eigenvalue weighted by molar-refractivity contribution is 6.42. The van der Waals surface area contributed by atoms with Crippen LogP contribution >= 0.6 is 23.2 Å². The third-order valence-corrected chi connectivity index (χ3v) is 3.98. The molecular weight excluding hydrogens is 311 g/mol. The molecule has 1 aromatic carbocycles. The molecule has 0 atom stereocenters. The highest BCUT2D eigenvalue weighted by Crippen LogP contribution is 2.31. The van der Waals surface area contributed by atoms with Crippen LogP contribution in [0.1, 0.15) is 16.1 Å². The van der Waals surface area contributed by atoms with Crippen molar-refractivity contribution in [1.29, 1.82) is 0 Å². The Morgan fingerprint density at radius 3 is 2.67 bits per heavy atom. The largest absolute Gasteiger partial charge is 0.476 e. The van der Waals surface area contributed by atoms with Crippen molar-refractivity contribution in [3.63, 3.8) is 0 Å². The number of pyridine rings is 1. The van der Waals surface area contributed by atoms with Crippen LogP contribution in [0, 0.1) is 6.92 Å². The zero-order valence-electron chi connectivity index (χ0n) is 11.0. The Kier molecular flexibility index (Phi) is 3.35. The minimum atomic E-state index is -1.05. The Morgan fingerprint density at radius 2 is 2.00 bits per heavy atom. The van der Waals surface area contributed by atoms with Gasteiger partial charge in [-0.05, 0) is 30.7 Å². The van der Waals surface area contributed by atoms with E-state index in [0.29, 0.717) is 26.9 Å². The van der Waals surface area contributed by atoms with Gasteiger partial charge in [0.25, 0.3) is 0 Å². The molecule has 0 amide bonds. The van der Waals surface area contributed by atoms with Gasteiger partial charge in [-0.3, -0.25) is 4.40 Å². The van der Waals surface area contributed by atoms with Crippen molar-refractivity contribution >= 4 is 34.8 Å². The number of aromatic carboxylic acids is 1. The number of aryl methyl sites for hydroxylation is 1. The van der Waals surface area contributed by atoms with Crippen molar-refractivity contribution in [1.82, 2.24) is 9.38 Å². The van der Waals surface area contributed by atoms with Crippen LogP contribution in [0.25, 0.3) is 16.9 Å². The predicted molar refractivity (Wildman–Crippen MR) is 82.3 cm³/mol. The molecule has 0 aliphatic carbocycles. The number of fused-ring (bicyclic) bond motifs is 1. The first kappa shape index (κ1) is 13.9. The monoisotopic (exact) mass is 320 g/mol. The molecule has 0 saturated carbocycles. The molecule has 0 radical (unpaired) electrons. The average Bonchev–Trinajstić information content (AvgIpc) is 2.83. The number of aromatic nitrogens is 2. The van der Waals surface area contributed by atoms with Crippen molar-refractivity contribution in [2.24, 2.45) is 0 Å². The molecule has 0 fully saturated rings. The summed E-state index contributed by atoms with van der Waals surface area (Å²) in [6.07, 6.45) is 1.68. The molecular formula is C15H10Cl2N2O2. The molecule has 2 aromatic heterocycles. The zero-order valence-corrected chi connectivity index (χ0v) is 12.5. The predicted octanol–water partition coefficient (Wildman–Crippen LogP) is 4.31. The number of imidazole rings is 1. The van der Waals surface area contributed by atoms with Gasteiger partial charge in [0, 0.05) is 11.8 Å². The summed E-state index contributed by atoms with van der Waals surface area (Å²) in [5, 5.41) is 10.3. The maximum atomic E-state index is 11.6. The van der Waals surface area contributed by atoms with Crippen LogP contribution in [0.4, 0.5) is 0 Å². The summed E-state index contributed by atoms with van der Waals surface area (Å²) in [5.41, 5.74) is 2.59. The molecule has 0 spiro atoms. The minimum Gasteiger partial charge on any atom is -0.476 e. The van der Waals surface area contributed by atoms with Crippen LogP contribution in [0.15, 0.2) is 36.5 Å². The van der Waals surface area contributed by atoms with Crippen molar-refractivity contribution in [2.75, 3.05) is 0 Å². The summed E-state index contributed by atoms with van der Waals surface area (Å²) in [6.45, 7) is 1.88. The van der Waals surface area contributed by atoms with Crippen LogP contribution in [0.3, 0.4) is 0 Å². The van der Waals surface area contributed by atoms with Gasteiger partial charge >= 0.3 is 5.97 Å². The van der Waals surface area contributed by atoms with Gasteiger partial charge in [-0.15, -0.1) is 0 Å². The van der Waals surface area contributed by atoms with E-state index in [9.17, 15) is 9.90 Å². The molecule has 0 unspecified atom stereocenters. The second-order valence-electron chi connectivity index (χ2n) is 4.63. The van der Waals surface area contributed by atoms with Gasteiger partial charge in [0.1, 0.15) is 11.3 Å². The Morgan fingerprint density at radius 1 is 1.24 bits per heavy atom. The molecule has 4 nitrogen and oxygen atoms in total. The molecule has 3 rings (SSSR count). The van der Waals surface area contributed by atoms with Crippen LogP contribution in [-0.4, -0.2) is 20.5 Å². The molecule has 2 heterocycles. The standard InChI is InChI=1S/C15H10Cl2N2O2/c1-8-3-2-6-19-13(15(20)21)12(18-14(8)19)9-4-5-10(16)11(17)7-9/h2-7H,1H3,(H,20,21). The van der Waals surface area contributed by atoms with E-state index < -0.39 is 5.97 Å². The first-order valence-electron chi connectivity index (χ1n) is 6.15. The second kappa shape index (κ2) is 5.06. The minimum absolute atomic E-state index is 0.104. The first-order chi connectivity index (χ1) is 9.99. The number of hydrogen-bond donors (Lipinski definition) is 1. The molecule has 0 aliphatic heterocycles. The summed E-state index contributed by atoms with van der Waals surface area (Å²) in [4.78, 5) is 16.1. The lowest BCUT2D eigenvalue weighted by Gasteiger charge is -2.02. The quantitative estimate of drug-likeness (QED) is 0.765. The zero-order chi connectivity index (χ0) is 15.1. The summed E-state index contributed by atoms with van der Waals surface area (Å²) < 4.78 is 1.56. The molecule has 0 aliphatic rings. The highest BCUT2D eigenvalue weighted by atomic mass is 35.5. The van der Waals surface area contributed by atoms with Crippen LogP contribution in [0.2, 0.25) is 10.0 Å². The van der Waals surface area contributed by atoms with Gasteiger partial charge in [-0.2, -0.15) is 0 Å². The Hall–Kier alpha value is -2.04. The van der Waals surface area contributed by atoms with E-state index in [-0.39, 0.29) is 5.69 Å². The number of carbonyl (C=O) groups is 1. The van der Waals surface area contributed by atoms with E-state index in [1.54, 1.807) is 34.9 Å². The van der Waals surface area contributed by atoms with Gasteiger partial charge in [-0.1, -0.05) is 35.3 Å². The SMILES string of the molecule is Cc1cccn2c(C(=O)O)c(-c3ccc(Cl)c(Cl)c3)nc12. The summed E-state index contributed by atoms with van der Waals surface area (Å²) in [6, 6.07) is 8.62. The number of nitrogens with zero attached hydrogens (tertiary/aromatic N) is 2. The number of benzene rings is 1. The molecule has 106 valence electrons. The summed E-state index contributed by atoms with van der Waals surface area (Å²) >= 11 is 11.9. The molecule has 21 heavy (non-hydrogen) atoms. The number of carboxylic acid groups (broad SMARTS) is 1. The first-order valence-corrected chi connectivity index (χ1v) is 6.91. The lowest BCUT2D eigenvalue weighted by molar-refractivity contribution is 0.0690. The van der Waals surface area contributed by atoms with Crippen molar-refractivity contribution < 1.29 is 9.90 Å². The van der Waals surface area contributed by atoms with E-state index in [2.05, 4.69) is 4.98 Å². The van der Waals surface area contributed by atoms with Crippen LogP contribution in [0.5, 0.6) is 0 Å². The van der Waals surface area contributed by atoms with E-state index >= 15 is 0 Å². The van der Waals surface area contributed by atoms with Gasteiger partial charge in [0.15, 0.2) is 5.69 Å². The molecule has 0 saturated heterocycles. The lowest BCUT2D eigenvalue weighted by atomic mass is 10.1. The Labute approximate surface area is 130 Å². The van der Waals surface area contributed by atoms with Gasteiger partial charge in [0.05, 0.1) is 10.0 Å². The van der Waals surface area contributed by atoms with Gasteiger partial charge in [-0.25, -0.2) is 9.78 Å². The average molecular weight is 321 g/mol. The van der Waals surface area contributed by atoms with E-state index in [1.807, 2.05) is 13.0 Å². The van der Waals surface area contributed by atoms with Crippen molar-refractivity contribution in [2.45, 2.75) is 6.92 Å². The Bertz CT molecular complexity index is 871. The van der Waals surface area contributed by atoms with E-state index in [4.69, 9.17) is 23.2 Å². The van der Waals surface area contributed by atoms with Crippen LogP contribution in [-0.2, 0) is 0 Å². The van der Waals surface area contributed by atoms with E-state index in [1.165, 1.54) is 0 Å². The van der Waals surface area contributed by atoms with Gasteiger partial charge in [0.2, 0.25) is 0 Å². The molecule has 1 N–H and O–H groups in total. The molecule has 0 bridgehead atoms. The number of carboxylic acids is 1. The van der Waals surface area contributed by atoms with Gasteiger partial charge < -0.3 is 5.11 Å². The maximum Gasteiger partial charge on any atom is 0.355 e. The highest BCUT2D eigenvalue weighted by Gasteiger charge is 2.21. The fraction of sp³-hybridized carbons (Fsp3) is 0.0667.